The van der Waals surface area contributed by atoms with E-state index in [1.54, 1.807) is 10.5 Å². The largest absolute Gasteiger partial charge is 0.477 e. The van der Waals surface area contributed by atoms with E-state index in [4.69, 9.17) is 5.11 Å². The lowest BCUT2D eigenvalue weighted by Gasteiger charge is -2.05. The van der Waals surface area contributed by atoms with Crippen molar-refractivity contribution in [3.8, 4) is 0 Å². The van der Waals surface area contributed by atoms with Gasteiger partial charge in [0.15, 0.2) is 5.69 Å². The summed E-state index contributed by atoms with van der Waals surface area (Å²) in [6, 6.07) is 9.46. The van der Waals surface area contributed by atoms with Gasteiger partial charge in [-0.15, -0.1) is 0 Å². The first-order chi connectivity index (χ1) is 8.18. The average molecular weight is 291 g/mol. The number of nitrogens with zero attached hydrogens (tertiary/aromatic N) is 2. The molecule has 0 unspecified atom stereocenters. The Bertz CT molecular complexity index is 749. The summed E-state index contributed by atoms with van der Waals surface area (Å²) in [5.74, 6) is -0.985. The molecule has 17 heavy (non-hydrogen) atoms. The molecule has 0 aliphatic carbocycles. The molecule has 0 radical (unpaired) electrons. The van der Waals surface area contributed by atoms with Crippen molar-refractivity contribution >= 4 is 38.4 Å². The lowest BCUT2D eigenvalue weighted by Crippen LogP contribution is -2.02. The van der Waals surface area contributed by atoms with Crippen LogP contribution in [0, 0.1) is 0 Å². The monoisotopic (exact) mass is 290 g/mol. The number of pyridine rings is 1. The fourth-order valence-corrected chi connectivity index (χ4v) is 2.50. The molecule has 0 saturated carbocycles. The van der Waals surface area contributed by atoms with Crippen molar-refractivity contribution in [1.29, 1.82) is 0 Å². The van der Waals surface area contributed by atoms with Crippen molar-refractivity contribution in [1.82, 2.24) is 9.38 Å². The van der Waals surface area contributed by atoms with Gasteiger partial charge in [0.05, 0.1) is 11.7 Å². The summed E-state index contributed by atoms with van der Waals surface area (Å²) in [5, 5.41) is 10.1. The van der Waals surface area contributed by atoms with Crippen LogP contribution in [0.3, 0.4) is 0 Å². The summed E-state index contributed by atoms with van der Waals surface area (Å²) in [7, 11) is 0. The topological polar surface area (TPSA) is 54.6 Å². The van der Waals surface area contributed by atoms with Gasteiger partial charge < -0.3 is 5.11 Å². The van der Waals surface area contributed by atoms with Crippen molar-refractivity contribution in [2.24, 2.45) is 0 Å². The van der Waals surface area contributed by atoms with Crippen LogP contribution in [0.1, 0.15) is 10.5 Å². The van der Waals surface area contributed by atoms with E-state index in [9.17, 15) is 4.79 Å². The van der Waals surface area contributed by atoms with Crippen molar-refractivity contribution in [2.45, 2.75) is 0 Å². The third-order valence-corrected chi connectivity index (χ3v) is 3.30. The molecule has 0 amide bonds. The zero-order valence-electron chi connectivity index (χ0n) is 8.59. The molecule has 0 saturated heterocycles. The van der Waals surface area contributed by atoms with Crippen LogP contribution in [-0.2, 0) is 0 Å². The van der Waals surface area contributed by atoms with Crippen LogP contribution in [0.4, 0.5) is 0 Å². The first-order valence-corrected chi connectivity index (χ1v) is 5.76. The molecule has 0 bridgehead atoms. The number of carbonyl (C=O) groups is 1. The zero-order chi connectivity index (χ0) is 12.0. The molecule has 0 aliphatic rings. The number of carboxylic acids is 1. The maximum atomic E-state index is 11.2. The highest BCUT2D eigenvalue weighted by atomic mass is 79.9. The van der Waals surface area contributed by atoms with Gasteiger partial charge >= 0.3 is 5.97 Å². The smallest absolute Gasteiger partial charge is 0.354 e. The molecule has 0 fully saturated rings. The summed E-state index contributed by atoms with van der Waals surface area (Å²) in [5.41, 5.74) is 1.61. The Morgan fingerprint density at radius 3 is 2.88 bits per heavy atom. The molecule has 84 valence electrons. The van der Waals surface area contributed by atoms with E-state index < -0.39 is 5.97 Å². The van der Waals surface area contributed by atoms with Gasteiger partial charge in [-0.3, -0.25) is 4.40 Å². The SMILES string of the molecule is O=C(O)c1cnc2ccc3cccc(Br)c3n12. The van der Waals surface area contributed by atoms with E-state index >= 15 is 0 Å². The second-order valence-corrected chi connectivity index (χ2v) is 4.51. The second-order valence-electron chi connectivity index (χ2n) is 3.65. The number of imidazole rings is 1. The number of benzene rings is 1. The Balaban J connectivity index is 2.61. The molecule has 4 nitrogen and oxygen atoms in total. The number of halogens is 1. The van der Waals surface area contributed by atoms with Crippen LogP contribution < -0.4 is 0 Å². The number of carboxylic acid groups (broad SMARTS) is 1. The number of aromatic nitrogens is 2. The number of fused-ring (bicyclic) bond motifs is 3. The number of hydrogen-bond acceptors (Lipinski definition) is 2. The maximum absolute atomic E-state index is 11.2. The lowest BCUT2D eigenvalue weighted by atomic mass is 10.2. The van der Waals surface area contributed by atoms with Crippen molar-refractivity contribution in [2.75, 3.05) is 0 Å². The minimum atomic E-state index is -0.985. The van der Waals surface area contributed by atoms with E-state index in [2.05, 4.69) is 20.9 Å². The molecule has 0 aliphatic heterocycles. The molecule has 5 heteroatoms. The summed E-state index contributed by atoms with van der Waals surface area (Å²) in [6.45, 7) is 0. The average Bonchev–Trinajstić information content (AvgIpc) is 2.72. The standard InChI is InChI=1S/C12H7BrN2O2/c13-8-3-1-2-7-4-5-10-14-6-9(12(16)17)15(10)11(7)8/h1-6H,(H,16,17). The van der Waals surface area contributed by atoms with Crippen LogP contribution in [0.15, 0.2) is 41.0 Å². The van der Waals surface area contributed by atoms with Gasteiger partial charge in [0.1, 0.15) is 5.65 Å². The maximum Gasteiger partial charge on any atom is 0.354 e. The van der Waals surface area contributed by atoms with Gasteiger partial charge in [-0.2, -0.15) is 0 Å². The predicted molar refractivity (Wildman–Crippen MR) is 67.4 cm³/mol. The fourth-order valence-electron chi connectivity index (χ4n) is 1.94. The summed E-state index contributed by atoms with van der Waals surface area (Å²) in [6.07, 6.45) is 1.37. The highest BCUT2D eigenvalue weighted by Gasteiger charge is 2.13. The van der Waals surface area contributed by atoms with E-state index in [1.807, 2.05) is 24.3 Å². The lowest BCUT2D eigenvalue weighted by molar-refractivity contribution is 0.0690. The van der Waals surface area contributed by atoms with E-state index in [1.165, 1.54) is 6.20 Å². The van der Waals surface area contributed by atoms with Gasteiger partial charge in [0.2, 0.25) is 0 Å². The first kappa shape index (κ1) is 10.3. The molecular formula is C12H7BrN2O2. The summed E-state index contributed by atoms with van der Waals surface area (Å²) < 4.78 is 2.49. The third kappa shape index (κ3) is 1.43. The van der Waals surface area contributed by atoms with Gasteiger partial charge in [0, 0.05) is 4.47 Å². The van der Waals surface area contributed by atoms with Crippen molar-refractivity contribution < 1.29 is 9.90 Å². The highest BCUT2D eigenvalue weighted by Crippen LogP contribution is 2.26. The van der Waals surface area contributed by atoms with Gasteiger partial charge in [-0.25, -0.2) is 9.78 Å². The van der Waals surface area contributed by atoms with Gasteiger partial charge in [-0.1, -0.05) is 12.1 Å². The third-order valence-electron chi connectivity index (χ3n) is 2.66. The second kappa shape index (κ2) is 3.56. The number of para-hydroxylation sites is 1. The quantitative estimate of drug-likeness (QED) is 0.750. The van der Waals surface area contributed by atoms with Gasteiger partial charge in [0.25, 0.3) is 0 Å². The van der Waals surface area contributed by atoms with E-state index in [0.29, 0.717) is 5.65 Å². The Kier molecular flexibility index (Phi) is 2.16. The van der Waals surface area contributed by atoms with E-state index in [-0.39, 0.29) is 5.69 Å². The fraction of sp³-hybridized carbons (Fsp3) is 0. The predicted octanol–water partition coefficient (Wildman–Crippen LogP) is 2.95. The Hall–Kier alpha value is -1.88. The molecule has 2 heterocycles. The highest BCUT2D eigenvalue weighted by molar-refractivity contribution is 9.10. The molecule has 2 aromatic heterocycles. The van der Waals surface area contributed by atoms with E-state index in [0.717, 1.165) is 15.4 Å². The van der Waals surface area contributed by atoms with Crippen LogP contribution in [-0.4, -0.2) is 20.5 Å². The minimum absolute atomic E-state index is 0.164. The number of hydrogen-bond donors (Lipinski definition) is 1. The van der Waals surface area contributed by atoms with Crippen LogP contribution in [0.5, 0.6) is 0 Å². The Labute approximate surface area is 105 Å². The van der Waals surface area contributed by atoms with Crippen LogP contribution in [0.25, 0.3) is 16.6 Å². The molecule has 0 atom stereocenters. The van der Waals surface area contributed by atoms with Crippen LogP contribution in [0.2, 0.25) is 0 Å². The Morgan fingerprint density at radius 2 is 2.12 bits per heavy atom. The normalized spacial score (nSPS) is 11.1. The molecule has 1 N–H and O–H groups in total. The van der Waals surface area contributed by atoms with Gasteiger partial charge in [-0.05, 0) is 39.5 Å². The summed E-state index contributed by atoms with van der Waals surface area (Å²) in [4.78, 5) is 15.2. The minimum Gasteiger partial charge on any atom is -0.477 e. The molecule has 3 aromatic rings. The summed E-state index contributed by atoms with van der Waals surface area (Å²) >= 11 is 3.44. The molecule has 3 rings (SSSR count). The van der Waals surface area contributed by atoms with Crippen LogP contribution >= 0.6 is 15.9 Å². The first-order valence-electron chi connectivity index (χ1n) is 4.96. The molecule has 0 spiro atoms. The zero-order valence-corrected chi connectivity index (χ0v) is 10.2. The number of aromatic carboxylic acids is 1. The van der Waals surface area contributed by atoms with Crippen molar-refractivity contribution in [3.05, 3.63) is 46.7 Å². The molecule has 1 aromatic carbocycles. The number of rotatable bonds is 1. The molecular weight excluding hydrogens is 284 g/mol. The van der Waals surface area contributed by atoms with Crippen molar-refractivity contribution in [3.63, 3.8) is 0 Å². The Morgan fingerprint density at radius 1 is 1.29 bits per heavy atom.